The van der Waals surface area contributed by atoms with Gasteiger partial charge in [-0.2, -0.15) is 0 Å². The van der Waals surface area contributed by atoms with E-state index in [1.165, 1.54) is 0 Å². The van der Waals surface area contributed by atoms with Crippen molar-refractivity contribution in [1.29, 1.82) is 0 Å². The predicted molar refractivity (Wildman–Crippen MR) is 268 cm³/mol. The summed E-state index contributed by atoms with van der Waals surface area (Å²) in [4.78, 5) is 15.0. The van der Waals surface area contributed by atoms with Crippen molar-refractivity contribution in [2.75, 3.05) is 26.1 Å². The largest absolute Gasteiger partial charge is 0.497 e. The number of benzene rings is 6. The molecule has 0 spiro atoms. The maximum atomic E-state index is 7.59. The van der Waals surface area contributed by atoms with Crippen molar-refractivity contribution in [3.63, 3.8) is 0 Å². The molecule has 10 heteroatoms. The smallest absolute Gasteiger partial charge is 0.192 e. The van der Waals surface area contributed by atoms with E-state index in [9.17, 15) is 0 Å². The fourth-order valence-corrected chi connectivity index (χ4v) is 9.76. The predicted octanol–water partition coefficient (Wildman–Crippen LogP) is 12.6. The van der Waals surface area contributed by atoms with Gasteiger partial charge in [-0.25, -0.2) is 15.0 Å². The molecule has 1 N–H and O–H groups in total. The van der Waals surface area contributed by atoms with E-state index in [0.717, 1.165) is 44.9 Å². The highest BCUT2D eigenvalue weighted by Crippen LogP contribution is 2.45. The first-order valence-corrected chi connectivity index (χ1v) is 25.6. The zero-order chi connectivity index (χ0) is 46.4. The SMILES string of the molecule is COc1ccc(C(Nc2ncnc3c2ncn3C(CO[Si](C)(C)C(C)(C)C)CC(C)OC(c2ccccc2)(c2ccccc2)c2ccc(OC)cc2)(c2ccccc2)c2ccccc2)cc1. The number of hydrogen-bond acceptors (Lipinski definition) is 8. The molecule has 66 heavy (non-hydrogen) atoms. The van der Waals surface area contributed by atoms with E-state index >= 15 is 0 Å². The maximum absolute atomic E-state index is 7.59. The quantitative estimate of drug-likeness (QED) is 0.0673. The third-order valence-corrected chi connectivity index (χ3v) is 17.8. The number of aromatic nitrogens is 4. The number of methoxy groups -OCH3 is 2. The molecule has 6 aromatic carbocycles. The normalized spacial score (nSPS) is 13.3. The summed E-state index contributed by atoms with van der Waals surface area (Å²) in [5.74, 6) is 2.15. The van der Waals surface area contributed by atoms with Gasteiger partial charge >= 0.3 is 0 Å². The Morgan fingerprint density at radius 3 is 1.48 bits per heavy atom. The highest BCUT2D eigenvalue weighted by atomic mass is 28.4. The molecule has 8 aromatic rings. The molecular weight excluding hydrogens is 835 g/mol. The number of hydrogen-bond donors (Lipinski definition) is 1. The Kier molecular flexibility index (Phi) is 13.6. The van der Waals surface area contributed by atoms with Gasteiger partial charge in [0.25, 0.3) is 0 Å². The van der Waals surface area contributed by atoms with Crippen molar-refractivity contribution < 1.29 is 18.6 Å². The van der Waals surface area contributed by atoms with Crippen molar-refractivity contribution in [2.24, 2.45) is 0 Å². The summed E-state index contributed by atoms with van der Waals surface area (Å²) in [7, 11) is 1.16. The van der Waals surface area contributed by atoms with E-state index in [-0.39, 0.29) is 17.2 Å². The van der Waals surface area contributed by atoms with Crippen LogP contribution in [0.3, 0.4) is 0 Å². The molecule has 8 rings (SSSR count). The molecule has 0 radical (unpaired) electrons. The lowest BCUT2D eigenvalue weighted by molar-refractivity contribution is -0.0495. The first-order chi connectivity index (χ1) is 31.9. The minimum Gasteiger partial charge on any atom is -0.497 e. The highest BCUT2D eigenvalue weighted by Gasteiger charge is 2.42. The van der Waals surface area contributed by atoms with E-state index in [0.29, 0.717) is 30.0 Å². The van der Waals surface area contributed by atoms with Crippen LogP contribution in [0, 0.1) is 0 Å². The standard InChI is InChI=1S/C56H61N5O4Si/c1-41(65-56(45-25-17-11-18-26-45,46-27-19-12-20-28-46)47-31-35-50(63-6)36-32-47)37-48(38-64-66(7,8)54(2,3)4)61-40-59-51-52(57-39-58-53(51)61)60-55(42-21-13-9-14-22-42,43-23-15-10-16-24-43)44-29-33-49(62-5)34-30-44/h9-36,39-41,48H,37-38H2,1-8H3,(H,57,58,60). The van der Waals surface area contributed by atoms with Gasteiger partial charge in [-0.3, -0.25) is 0 Å². The summed E-state index contributed by atoms with van der Waals surface area (Å²) in [6.07, 6.45) is 3.82. The number of fused-ring (bicyclic) bond motifs is 1. The van der Waals surface area contributed by atoms with Crippen LogP contribution in [0.15, 0.2) is 183 Å². The molecule has 338 valence electrons. The molecule has 2 atom stereocenters. The summed E-state index contributed by atoms with van der Waals surface area (Å²) in [6.45, 7) is 14.0. The lowest BCUT2D eigenvalue weighted by atomic mass is 9.77. The Morgan fingerprint density at radius 1 is 0.576 bits per heavy atom. The summed E-state index contributed by atoms with van der Waals surface area (Å²) >= 11 is 0. The fourth-order valence-electron chi connectivity index (χ4n) is 8.71. The molecular formula is C56H61N5O4Si. The van der Waals surface area contributed by atoms with Crippen LogP contribution >= 0.6 is 0 Å². The van der Waals surface area contributed by atoms with Gasteiger partial charge in [-0.15, -0.1) is 0 Å². The minimum absolute atomic E-state index is 0.000264. The van der Waals surface area contributed by atoms with Crippen LogP contribution in [-0.4, -0.2) is 54.8 Å². The van der Waals surface area contributed by atoms with Crippen molar-refractivity contribution >= 4 is 25.3 Å². The first kappa shape index (κ1) is 46.0. The van der Waals surface area contributed by atoms with Gasteiger partial charge in [-0.1, -0.05) is 166 Å². The molecule has 0 bridgehead atoms. The fraction of sp³-hybridized carbons (Fsp3) is 0.268. The Bertz CT molecular complexity index is 2700. The molecule has 0 aliphatic heterocycles. The lowest BCUT2D eigenvalue weighted by Crippen LogP contribution is -2.42. The number of nitrogens with zero attached hydrogens (tertiary/aromatic N) is 4. The first-order valence-electron chi connectivity index (χ1n) is 22.7. The molecule has 0 fully saturated rings. The Hall–Kier alpha value is -6.59. The van der Waals surface area contributed by atoms with E-state index in [1.807, 2.05) is 54.9 Å². The van der Waals surface area contributed by atoms with Crippen LogP contribution < -0.4 is 14.8 Å². The van der Waals surface area contributed by atoms with Crippen molar-refractivity contribution in [1.82, 2.24) is 19.5 Å². The Labute approximate surface area is 391 Å². The number of rotatable bonds is 18. The van der Waals surface area contributed by atoms with Crippen LogP contribution in [0.2, 0.25) is 18.1 Å². The molecule has 2 unspecified atom stereocenters. The van der Waals surface area contributed by atoms with Crippen LogP contribution in [-0.2, 0) is 20.3 Å². The van der Waals surface area contributed by atoms with Gasteiger partial charge in [0, 0.05) is 0 Å². The van der Waals surface area contributed by atoms with Crippen molar-refractivity contribution in [2.45, 2.75) is 75.5 Å². The summed E-state index contributed by atoms with van der Waals surface area (Å²) < 4.78 is 28.1. The summed E-state index contributed by atoms with van der Waals surface area (Å²) in [5, 5.41) is 3.96. The van der Waals surface area contributed by atoms with Gasteiger partial charge in [0.05, 0.1) is 39.3 Å². The monoisotopic (exact) mass is 895 g/mol. The lowest BCUT2D eigenvalue weighted by Gasteiger charge is -2.40. The van der Waals surface area contributed by atoms with Gasteiger partial charge in [0.1, 0.15) is 34.5 Å². The zero-order valence-corrected chi connectivity index (χ0v) is 40.3. The van der Waals surface area contributed by atoms with Crippen LogP contribution in [0.1, 0.15) is 73.5 Å². The topological polar surface area (TPSA) is 92.6 Å². The second-order valence-electron chi connectivity index (χ2n) is 18.4. The molecule has 0 aliphatic carbocycles. The zero-order valence-electron chi connectivity index (χ0n) is 39.3. The molecule has 0 saturated carbocycles. The number of nitrogens with one attached hydrogen (secondary N) is 1. The maximum Gasteiger partial charge on any atom is 0.192 e. The Morgan fingerprint density at radius 2 is 1.02 bits per heavy atom. The number of anilines is 1. The van der Waals surface area contributed by atoms with Crippen molar-refractivity contribution in [3.8, 4) is 11.5 Å². The average molecular weight is 896 g/mol. The van der Waals surface area contributed by atoms with Crippen LogP contribution in [0.4, 0.5) is 5.82 Å². The second kappa shape index (κ2) is 19.5. The molecule has 2 aromatic heterocycles. The summed E-state index contributed by atoms with van der Waals surface area (Å²) in [5.41, 5.74) is 5.66. The van der Waals surface area contributed by atoms with E-state index < -0.39 is 19.5 Å². The molecule has 0 aliphatic rings. The van der Waals surface area contributed by atoms with Crippen LogP contribution in [0.25, 0.3) is 11.2 Å². The second-order valence-corrected chi connectivity index (χ2v) is 23.2. The Balaban J connectivity index is 1.24. The van der Waals surface area contributed by atoms with Gasteiger partial charge in [-0.05, 0) is 89.1 Å². The minimum atomic E-state index is -2.22. The van der Waals surface area contributed by atoms with E-state index in [2.05, 4.69) is 172 Å². The summed E-state index contributed by atoms with van der Waals surface area (Å²) in [6, 6.07) is 58.1. The molecule has 2 heterocycles. The average Bonchev–Trinajstić information content (AvgIpc) is 3.80. The number of ether oxygens (including phenoxy) is 3. The molecule has 0 saturated heterocycles. The van der Waals surface area contributed by atoms with Gasteiger partial charge < -0.3 is 28.5 Å². The molecule has 0 amide bonds. The van der Waals surface area contributed by atoms with Crippen LogP contribution in [0.5, 0.6) is 11.5 Å². The third-order valence-electron chi connectivity index (χ3n) is 13.3. The highest BCUT2D eigenvalue weighted by molar-refractivity contribution is 6.74. The third kappa shape index (κ3) is 9.13. The van der Waals surface area contributed by atoms with Gasteiger partial charge in [0.2, 0.25) is 0 Å². The van der Waals surface area contributed by atoms with Crippen molar-refractivity contribution in [3.05, 3.63) is 216 Å². The van der Waals surface area contributed by atoms with Gasteiger partial charge in [0.15, 0.2) is 19.8 Å². The van der Waals surface area contributed by atoms with E-state index in [1.54, 1.807) is 20.5 Å². The molecule has 9 nitrogen and oxygen atoms in total. The van der Waals surface area contributed by atoms with E-state index in [4.69, 9.17) is 33.6 Å². The number of imidazole rings is 1.